The fourth-order valence-corrected chi connectivity index (χ4v) is 3.70. The van der Waals surface area contributed by atoms with Gasteiger partial charge >= 0.3 is 5.97 Å². The number of para-hydroxylation sites is 1. The Kier molecular flexibility index (Phi) is 7.74. The second-order valence-electron chi connectivity index (χ2n) is 10.2. The molecule has 0 fully saturated rings. The van der Waals surface area contributed by atoms with Gasteiger partial charge in [-0.2, -0.15) is 0 Å². The van der Waals surface area contributed by atoms with Crippen LogP contribution in [0, 0.1) is 0 Å². The Morgan fingerprint density at radius 1 is 0.900 bits per heavy atom. The van der Waals surface area contributed by atoms with Gasteiger partial charge in [0.1, 0.15) is 5.75 Å². The molecule has 3 heteroatoms. The molecular formula is C27H38O3. The number of aromatic hydroxyl groups is 1. The quantitative estimate of drug-likeness (QED) is 0.382. The molecule has 164 valence electrons. The van der Waals surface area contributed by atoms with Crippen LogP contribution in [0.3, 0.4) is 0 Å². The van der Waals surface area contributed by atoms with Crippen LogP contribution in [0.1, 0.15) is 95.6 Å². The van der Waals surface area contributed by atoms with Crippen molar-refractivity contribution in [1.29, 1.82) is 0 Å². The van der Waals surface area contributed by atoms with Crippen molar-refractivity contribution < 1.29 is 14.6 Å². The maximum Gasteiger partial charge on any atom is 0.338 e. The third-order valence-electron chi connectivity index (χ3n) is 5.39. The third kappa shape index (κ3) is 5.87. The summed E-state index contributed by atoms with van der Waals surface area (Å²) >= 11 is 0. The topological polar surface area (TPSA) is 46.5 Å². The number of phenols is 1. The largest absolute Gasteiger partial charge is 0.507 e. The van der Waals surface area contributed by atoms with E-state index in [0.29, 0.717) is 12.2 Å². The van der Waals surface area contributed by atoms with Gasteiger partial charge in [-0.25, -0.2) is 4.79 Å². The lowest BCUT2D eigenvalue weighted by Gasteiger charge is -2.31. The fraction of sp³-hybridized carbons (Fsp3) is 0.519. The van der Waals surface area contributed by atoms with Crippen molar-refractivity contribution in [1.82, 2.24) is 0 Å². The number of esters is 1. The van der Waals surface area contributed by atoms with Crippen LogP contribution >= 0.6 is 0 Å². The first-order valence-electron chi connectivity index (χ1n) is 11.1. The van der Waals surface area contributed by atoms with E-state index in [4.69, 9.17) is 4.74 Å². The summed E-state index contributed by atoms with van der Waals surface area (Å²) < 4.78 is 5.59. The maximum absolute atomic E-state index is 12.9. The van der Waals surface area contributed by atoms with E-state index < -0.39 is 0 Å². The van der Waals surface area contributed by atoms with E-state index in [0.717, 1.165) is 47.9 Å². The molecule has 2 rings (SSSR count). The van der Waals surface area contributed by atoms with E-state index in [2.05, 4.69) is 48.5 Å². The van der Waals surface area contributed by atoms with Gasteiger partial charge in [0.15, 0.2) is 0 Å². The number of carbonyl (C=O) groups excluding carboxylic acids is 1. The number of benzene rings is 2. The van der Waals surface area contributed by atoms with Gasteiger partial charge in [0.25, 0.3) is 0 Å². The Morgan fingerprint density at radius 3 is 1.97 bits per heavy atom. The molecule has 30 heavy (non-hydrogen) atoms. The summed E-state index contributed by atoms with van der Waals surface area (Å²) in [6.45, 7) is 15.4. The van der Waals surface area contributed by atoms with Crippen LogP contribution in [0.4, 0.5) is 0 Å². The second kappa shape index (κ2) is 9.68. The van der Waals surface area contributed by atoms with Gasteiger partial charge in [0.2, 0.25) is 0 Å². The highest BCUT2D eigenvalue weighted by Crippen LogP contribution is 2.44. The third-order valence-corrected chi connectivity index (χ3v) is 5.39. The van der Waals surface area contributed by atoms with Crippen molar-refractivity contribution in [2.75, 3.05) is 6.61 Å². The number of hydrogen-bond donors (Lipinski definition) is 1. The van der Waals surface area contributed by atoms with Crippen LogP contribution in [-0.2, 0) is 15.6 Å². The Bertz CT molecular complexity index is 831. The zero-order valence-corrected chi connectivity index (χ0v) is 19.8. The summed E-state index contributed by atoms with van der Waals surface area (Å²) in [5, 5.41) is 10.6. The van der Waals surface area contributed by atoms with Gasteiger partial charge < -0.3 is 9.84 Å². The lowest BCUT2D eigenvalue weighted by Crippen LogP contribution is -2.21. The Morgan fingerprint density at radius 2 is 1.47 bits per heavy atom. The van der Waals surface area contributed by atoms with E-state index in [-0.39, 0.29) is 22.5 Å². The standard InChI is InChI=1S/C27H38O3/c1-8-9-10-13-16-30-25(29)19-17-21(26(2,3)4)24(22(18-19)27(5,6)7)20-14-11-12-15-23(20)28/h11-12,14-15,17-18,28H,8-10,13,16H2,1-7H3. The number of ether oxygens (including phenoxy) is 1. The molecule has 0 radical (unpaired) electrons. The Balaban J connectivity index is 2.58. The second-order valence-corrected chi connectivity index (χ2v) is 10.2. The van der Waals surface area contributed by atoms with Gasteiger partial charge in [-0.3, -0.25) is 0 Å². The number of carbonyl (C=O) groups is 1. The summed E-state index contributed by atoms with van der Waals surface area (Å²) in [7, 11) is 0. The molecule has 0 aliphatic rings. The number of hydrogen-bond acceptors (Lipinski definition) is 3. The van der Waals surface area contributed by atoms with Gasteiger partial charge in [0.05, 0.1) is 12.2 Å². The highest BCUT2D eigenvalue weighted by molar-refractivity contribution is 5.92. The van der Waals surface area contributed by atoms with Crippen molar-refractivity contribution in [3.8, 4) is 16.9 Å². The van der Waals surface area contributed by atoms with Crippen LogP contribution in [0.5, 0.6) is 5.75 Å². The van der Waals surface area contributed by atoms with Crippen LogP contribution in [0.2, 0.25) is 0 Å². The lowest BCUT2D eigenvalue weighted by molar-refractivity contribution is 0.0497. The molecule has 0 saturated heterocycles. The molecule has 3 nitrogen and oxygen atoms in total. The van der Waals surface area contributed by atoms with Crippen LogP contribution < -0.4 is 0 Å². The SMILES string of the molecule is CCCCCCOC(=O)c1cc(C(C)(C)C)c(-c2ccccc2O)c(C(C)(C)C)c1. The molecule has 0 spiro atoms. The molecule has 0 saturated carbocycles. The van der Waals surface area contributed by atoms with Gasteiger partial charge in [-0.05, 0) is 52.1 Å². The molecule has 0 bridgehead atoms. The maximum atomic E-state index is 12.9. The summed E-state index contributed by atoms with van der Waals surface area (Å²) in [5.41, 5.74) is 4.03. The highest BCUT2D eigenvalue weighted by atomic mass is 16.5. The van der Waals surface area contributed by atoms with Gasteiger partial charge in [-0.1, -0.05) is 85.9 Å². The number of unbranched alkanes of at least 4 members (excludes halogenated alkanes) is 3. The average Bonchev–Trinajstić information content (AvgIpc) is 2.65. The summed E-state index contributed by atoms with van der Waals surface area (Å²) in [5.74, 6) is -0.0221. The molecule has 1 N–H and O–H groups in total. The molecule has 0 unspecified atom stereocenters. The first-order valence-corrected chi connectivity index (χ1v) is 11.1. The Hall–Kier alpha value is -2.29. The first-order chi connectivity index (χ1) is 14.0. The van der Waals surface area contributed by atoms with Gasteiger partial charge in [0, 0.05) is 5.56 Å². The van der Waals surface area contributed by atoms with Crippen LogP contribution in [-0.4, -0.2) is 17.7 Å². The van der Waals surface area contributed by atoms with Crippen LogP contribution in [0.25, 0.3) is 11.1 Å². The summed E-state index contributed by atoms with van der Waals surface area (Å²) in [6.07, 6.45) is 4.30. The monoisotopic (exact) mass is 410 g/mol. The number of rotatable bonds is 7. The minimum atomic E-state index is -0.272. The van der Waals surface area contributed by atoms with Gasteiger partial charge in [-0.15, -0.1) is 0 Å². The van der Waals surface area contributed by atoms with Crippen molar-refractivity contribution in [3.63, 3.8) is 0 Å². The molecule has 0 heterocycles. The highest BCUT2D eigenvalue weighted by Gasteiger charge is 2.29. The average molecular weight is 411 g/mol. The van der Waals surface area contributed by atoms with E-state index in [1.807, 2.05) is 30.3 Å². The van der Waals surface area contributed by atoms with E-state index in [9.17, 15) is 9.90 Å². The molecule has 2 aromatic rings. The molecule has 0 amide bonds. The minimum absolute atomic E-state index is 0.213. The fourth-order valence-electron chi connectivity index (χ4n) is 3.70. The van der Waals surface area contributed by atoms with E-state index in [1.54, 1.807) is 6.07 Å². The van der Waals surface area contributed by atoms with E-state index in [1.165, 1.54) is 0 Å². The van der Waals surface area contributed by atoms with Crippen molar-refractivity contribution >= 4 is 5.97 Å². The molecule has 2 aromatic carbocycles. The summed E-state index contributed by atoms with van der Waals surface area (Å²) in [4.78, 5) is 12.9. The van der Waals surface area contributed by atoms with Crippen molar-refractivity contribution in [2.24, 2.45) is 0 Å². The molecule has 0 aliphatic heterocycles. The molecule has 0 atom stereocenters. The number of phenolic OH excluding ortho intramolecular Hbond substituents is 1. The lowest BCUT2D eigenvalue weighted by atomic mass is 9.73. The van der Waals surface area contributed by atoms with Crippen molar-refractivity contribution in [2.45, 2.75) is 85.0 Å². The Labute approximate surface area is 182 Å². The van der Waals surface area contributed by atoms with Crippen molar-refractivity contribution in [3.05, 3.63) is 53.1 Å². The summed E-state index contributed by atoms with van der Waals surface area (Å²) in [6, 6.07) is 11.3. The predicted octanol–water partition coefficient (Wildman–Crippen LogP) is 7.39. The zero-order chi connectivity index (χ0) is 22.5. The first kappa shape index (κ1) is 24.0. The normalized spacial score (nSPS) is 12.1. The smallest absolute Gasteiger partial charge is 0.338 e. The zero-order valence-electron chi connectivity index (χ0n) is 19.8. The molecule has 0 aliphatic carbocycles. The van der Waals surface area contributed by atoms with Crippen LogP contribution in [0.15, 0.2) is 36.4 Å². The predicted molar refractivity (Wildman–Crippen MR) is 125 cm³/mol. The molecular weight excluding hydrogens is 372 g/mol. The molecule has 0 aromatic heterocycles. The van der Waals surface area contributed by atoms with E-state index >= 15 is 0 Å². The minimum Gasteiger partial charge on any atom is -0.507 e.